The average Bonchev–Trinajstić information content (AvgIpc) is 2.18. The summed E-state index contributed by atoms with van der Waals surface area (Å²) in [7, 11) is 3.90. The van der Waals surface area contributed by atoms with Crippen LogP contribution in [0.1, 0.15) is 19.8 Å². The zero-order valence-corrected chi connectivity index (χ0v) is 7.42. The quantitative estimate of drug-likeness (QED) is 0.531. The Morgan fingerprint density at radius 2 is 2.18 bits per heavy atom. The maximum absolute atomic E-state index is 11.3. The molecule has 0 aromatic rings. The molecule has 1 atom stereocenters. The molecule has 62 valence electrons. The van der Waals surface area contributed by atoms with Gasteiger partial charge in [-0.05, 0) is 12.8 Å². The van der Waals surface area contributed by atoms with Crippen molar-refractivity contribution in [2.24, 2.45) is 5.92 Å². The molecule has 0 saturated heterocycles. The van der Waals surface area contributed by atoms with Crippen LogP contribution in [0.25, 0.3) is 0 Å². The number of carbonyl (C=O) groups excluding carboxylic acids is 1. The summed E-state index contributed by atoms with van der Waals surface area (Å²) >= 11 is 0. The van der Waals surface area contributed by atoms with Crippen LogP contribution in [0.2, 0.25) is 0 Å². The Hall–Kier alpha value is -0.790. The Balaban J connectivity index is 2.69. The van der Waals surface area contributed by atoms with E-state index < -0.39 is 0 Å². The molecule has 0 amide bonds. The largest absolute Gasteiger partial charge is 0.383 e. The van der Waals surface area contributed by atoms with Gasteiger partial charge in [0.2, 0.25) is 0 Å². The smallest absolute Gasteiger partial charge is 0.163 e. The van der Waals surface area contributed by atoms with Crippen LogP contribution in [-0.2, 0) is 4.79 Å². The van der Waals surface area contributed by atoms with Gasteiger partial charge < -0.3 is 4.90 Å². The van der Waals surface area contributed by atoms with Gasteiger partial charge in [0.1, 0.15) is 0 Å². The maximum atomic E-state index is 11.3. The highest BCUT2D eigenvalue weighted by Gasteiger charge is 2.24. The molecule has 1 saturated carbocycles. The summed E-state index contributed by atoms with van der Waals surface area (Å²) in [4.78, 5) is 13.3. The van der Waals surface area contributed by atoms with Gasteiger partial charge in [0, 0.05) is 31.8 Å². The number of hydrogen-bond acceptors (Lipinski definition) is 2. The minimum atomic E-state index is 0.251. The number of ketones is 1. The zero-order chi connectivity index (χ0) is 8.43. The number of allylic oxidation sites excluding steroid dienone is 1. The van der Waals surface area contributed by atoms with E-state index in [0.717, 1.165) is 18.4 Å². The molecular weight excluding hydrogens is 138 g/mol. The van der Waals surface area contributed by atoms with Gasteiger partial charge in [-0.15, -0.1) is 0 Å². The molecule has 0 N–H and O–H groups in total. The van der Waals surface area contributed by atoms with Gasteiger partial charge in [-0.1, -0.05) is 6.92 Å². The van der Waals surface area contributed by atoms with Crippen LogP contribution in [0.5, 0.6) is 0 Å². The molecule has 0 heterocycles. The minimum absolute atomic E-state index is 0.251. The monoisotopic (exact) mass is 153 g/mol. The summed E-state index contributed by atoms with van der Waals surface area (Å²) in [6.07, 6.45) is 3.92. The fourth-order valence-electron chi connectivity index (χ4n) is 1.38. The van der Waals surface area contributed by atoms with Crippen molar-refractivity contribution >= 4 is 5.78 Å². The van der Waals surface area contributed by atoms with Crippen molar-refractivity contribution < 1.29 is 4.79 Å². The van der Waals surface area contributed by atoms with Crippen LogP contribution >= 0.6 is 0 Å². The second-order valence-corrected chi connectivity index (χ2v) is 3.42. The summed E-state index contributed by atoms with van der Waals surface area (Å²) in [5.41, 5.74) is 0.988. The number of Topliss-reactive ketones (excluding diaryl/α,β-unsaturated/α-hetero) is 1. The number of carbonyl (C=O) groups is 1. The summed E-state index contributed by atoms with van der Waals surface area (Å²) in [5.74, 6) is 0.583. The SMILES string of the molecule is CC1CC/C(=C\N(C)C)C1=O. The Morgan fingerprint density at radius 1 is 1.55 bits per heavy atom. The molecule has 2 nitrogen and oxygen atoms in total. The molecular formula is C9H15NO. The van der Waals surface area contributed by atoms with Gasteiger partial charge in [0.25, 0.3) is 0 Å². The lowest BCUT2D eigenvalue weighted by Gasteiger charge is -2.05. The van der Waals surface area contributed by atoms with Gasteiger partial charge in [-0.2, -0.15) is 0 Å². The molecule has 0 aromatic carbocycles. The summed E-state index contributed by atoms with van der Waals surface area (Å²) < 4.78 is 0. The third-order valence-electron chi connectivity index (χ3n) is 2.02. The predicted molar refractivity (Wildman–Crippen MR) is 45.2 cm³/mol. The zero-order valence-electron chi connectivity index (χ0n) is 7.42. The standard InChI is InChI=1S/C9H15NO/c1-7-4-5-8(9(7)11)6-10(2)3/h6-7H,4-5H2,1-3H3/b8-6+. The highest BCUT2D eigenvalue weighted by atomic mass is 16.1. The first kappa shape index (κ1) is 8.31. The van der Waals surface area contributed by atoms with E-state index in [4.69, 9.17) is 0 Å². The second kappa shape index (κ2) is 3.07. The molecule has 1 aliphatic rings. The summed E-state index contributed by atoms with van der Waals surface area (Å²) in [6, 6.07) is 0. The lowest BCUT2D eigenvalue weighted by atomic mass is 10.1. The van der Waals surface area contributed by atoms with E-state index in [2.05, 4.69) is 0 Å². The van der Waals surface area contributed by atoms with Crippen LogP contribution < -0.4 is 0 Å². The van der Waals surface area contributed by atoms with Crippen molar-refractivity contribution in [2.75, 3.05) is 14.1 Å². The van der Waals surface area contributed by atoms with Crippen molar-refractivity contribution in [1.82, 2.24) is 4.90 Å². The molecule has 1 rings (SSSR count). The second-order valence-electron chi connectivity index (χ2n) is 3.42. The first-order valence-electron chi connectivity index (χ1n) is 4.02. The third kappa shape index (κ3) is 1.82. The van der Waals surface area contributed by atoms with Gasteiger partial charge in [-0.25, -0.2) is 0 Å². The Morgan fingerprint density at radius 3 is 2.55 bits per heavy atom. The molecule has 0 aromatic heterocycles. The molecule has 1 aliphatic carbocycles. The average molecular weight is 153 g/mol. The first-order chi connectivity index (χ1) is 5.11. The number of hydrogen-bond donors (Lipinski definition) is 0. The highest BCUT2D eigenvalue weighted by Crippen LogP contribution is 2.25. The molecule has 1 fully saturated rings. The predicted octanol–water partition coefficient (Wildman–Crippen LogP) is 1.43. The fourth-order valence-corrected chi connectivity index (χ4v) is 1.38. The van der Waals surface area contributed by atoms with Gasteiger partial charge in [0.15, 0.2) is 5.78 Å². The number of rotatable bonds is 1. The van der Waals surface area contributed by atoms with Crippen molar-refractivity contribution in [2.45, 2.75) is 19.8 Å². The Kier molecular flexibility index (Phi) is 2.32. The molecule has 0 radical (unpaired) electrons. The van der Waals surface area contributed by atoms with Gasteiger partial charge in [0.05, 0.1) is 0 Å². The minimum Gasteiger partial charge on any atom is -0.383 e. The lowest BCUT2D eigenvalue weighted by molar-refractivity contribution is -0.117. The van der Waals surface area contributed by atoms with Gasteiger partial charge in [-0.3, -0.25) is 4.79 Å². The van der Waals surface area contributed by atoms with Crippen LogP contribution in [-0.4, -0.2) is 24.8 Å². The highest BCUT2D eigenvalue weighted by molar-refractivity contribution is 5.98. The first-order valence-corrected chi connectivity index (χ1v) is 4.02. The Labute approximate surface area is 67.9 Å². The van der Waals surface area contributed by atoms with E-state index in [0.29, 0.717) is 5.78 Å². The van der Waals surface area contributed by atoms with Crippen LogP contribution in [0.3, 0.4) is 0 Å². The van der Waals surface area contributed by atoms with Crippen molar-refractivity contribution in [1.29, 1.82) is 0 Å². The van der Waals surface area contributed by atoms with E-state index >= 15 is 0 Å². The van der Waals surface area contributed by atoms with Crippen molar-refractivity contribution in [3.8, 4) is 0 Å². The Bertz CT molecular complexity index is 194. The van der Waals surface area contributed by atoms with Crippen LogP contribution in [0, 0.1) is 5.92 Å². The summed E-state index contributed by atoms with van der Waals surface area (Å²) in [6.45, 7) is 2.00. The molecule has 0 spiro atoms. The van der Waals surface area contributed by atoms with Crippen molar-refractivity contribution in [3.05, 3.63) is 11.8 Å². The molecule has 0 aliphatic heterocycles. The molecule has 0 bridgehead atoms. The normalized spacial score (nSPS) is 28.1. The van der Waals surface area contributed by atoms with E-state index in [1.807, 2.05) is 32.1 Å². The van der Waals surface area contributed by atoms with Crippen molar-refractivity contribution in [3.63, 3.8) is 0 Å². The summed E-state index contributed by atoms with van der Waals surface area (Å²) in [5, 5.41) is 0. The third-order valence-corrected chi connectivity index (χ3v) is 2.02. The van der Waals surface area contributed by atoms with E-state index in [-0.39, 0.29) is 5.92 Å². The lowest BCUT2D eigenvalue weighted by Crippen LogP contribution is -2.08. The van der Waals surface area contributed by atoms with Crippen LogP contribution in [0.4, 0.5) is 0 Å². The topological polar surface area (TPSA) is 20.3 Å². The number of nitrogens with zero attached hydrogens (tertiary/aromatic N) is 1. The van der Waals surface area contributed by atoms with Crippen LogP contribution in [0.15, 0.2) is 11.8 Å². The van der Waals surface area contributed by atoms with E-state index in [1.165, 1.54) is 0 Å². The molecule has 2 heteroatoms. The van der Waals surface area contributed by atoms with Gasteiger partial charge >= 0.3 is 0 Å². The van der Waals surface area contributed by atoms with E-state index in [1.54, 1.807) is 0 Å². The fraction of sp³-hybridized carbons (Fsp3) is 0.667. The molecule has 11 heavy (non-hydrogen) atoms. The molecule has 1 unspecified atom stereocenters. The van der Waals surface area contributed by atoms with E-state index in [9.17, 15) is 4.79 Å². The maximum Gasteiger partial charge on any atom is 0.163 e.